The second-order valence-corrected chi connectivity index (χ2v) is 23.1. The van der Waals surface area contributed by atoms with Gasteiger partial charge in [-0.25, -0.2) is 14.2 Å². The van der Waals surface area contributed by atoms with Crippen molar-refractivity contribution in [2.75, 3.05) is 40.6 Å². The van der Waals surface area contributed by atoms with Crippen LogP contribution in [0.15, 0.2) is 29.1 Å². The predicted octanol–water partition coefficient (Wildman–Crippen LogP) is 7.43. The number of aromatic nitrogens is 2. The summed E-state index contributed by atoms with van der Waals surface area (Å²) >= 11 is 0. The molecule has 0 radical (unpaired) electrons. The smallest absolute Gasteiger partial charge is 0.408 e. The lowest BCUT2D eigenvalue weighted by atomic mass is 9.81. The standard InChI is InChI=1S/C48H63FN6O11.C10H23NO.C3H8/c1-4-47(63,27-57)35-22-39-43-33(24-55(39)44(60)34(35)26-65-3)42-37(16-15-32-29(2)36(49)23-38(53-43)41(32)42)54-46(62)66-31-13-7-9-18-48(64,19-17-31)45(61)51-21-11-8-12-30(25-56)52-40(59)14-6-5-10-20-50-28-58;1-9(2,3)12-8-7-10(4,5)11-6;1-3-2/h7,13,22-23,25,27,30-31,37,50,58,63-64H,4-6,8-12,14-21,24,26,28H2,1-3H3,(H,51,61)(H,52,59)(H,54,62);11H,7-8H2,1-6H3;3H2,1-2H3/b13-7+;;/t30?,31?,37?,47-,48+;;/m1../s1. The number of amides is 3. The second kappa shape index (κ2) is 31.8. The fourth-order valence-corrected chi connectivity index (χ4v) is 10.1. The number of fused-ring (bicyclic) bond motifs is 4. The number of aryl methyl sites for hydroxylation is 1. The Morgan fingerprint density at radius 2 is 1.72 bits per heavy atom. The van der Waals surface area contributed by atoms with E-state index in [1.54, 1.807) is 32.1 Å². The third-order valence-electron chi connectivity index (χ3n) is 15.2. The molecule has 452 valence electrons. The number of alkyl carbamates (subject to hydrolysis) is 1. The minimum absolute atomic E-state index is 0.00682. The average Bonchev–Trinajstić information content (AvgIpc) is 3.71. The fraction of sp³-hybridized carbons (Fsp3) is 0.656. The largest absolute Gasteiger partial charge is 0.442 e. The highest BCUT2D eigenvalue weighted by Gasteiger charge is 2.40. The van der Waals surface area contributed by atoms with E-state index in [0.29, 0.717) is 109 Å². The minimum Gasteiger partial charge on any atom is -0.442 e. The van der Waals surface area contributed by atoms with Crippen molar-refractivity contribution in [3.8, 4) is 11.4 Å². The number of methoxy groups -OCH3 is 1. The zero-order chi connectivity index (χ0) is 60.1. The quantitative estimate of drug-likeness (QED) is 0.0131. The van der Waals surface area contributed by atoms with Crippen molar-refractivity contribution in [1.29, 1.82) is 0 Å². The number of nitrogens with zero attached hydrogens (tertiary/aromatic N) is 2. The Morgan fingerprint density at radius 3 is 2.36 bits per heavy atom. The van der Waals surface area contributed by atoms with Crippen LogP contribution in [-0.2, 0) is 58.6 Å². The van der Waals surface area contributed by atoms with E-state index in [1.807, 2.05) is 7.05 Å². The van der Waals surface area contributed by atoms with Gasteiger partial charge >= 0.3 is 6.09 Å². The summed E-state index contributed by atoms with van der Waals surface area (Å²) in [6.45, 7) is 19.7. The van der Waals surface area contributed by atoms with Crippen LogP contribution in [-0.4, -0.2) is 125 Å². The lowest BCUT2D eigenvalue weighted by molar-refractivity contribution is -0.141. The van der Waals surface area contributed by atoms with E-state index in [2.05, 4.69) is 75.1 Å². The molecule has 0 saturated carbocycles. The maximum atomic E-state index is 15.4. The van der Waals surface area contributed by atoms with Crippen LogP contribution in [0.4, 0.5) is 9.18 Å². The number of hydrogen-bond acceptors (Lipinski definition) is 15. The molecule has 2 aliphatic carbocycles. The molecule has 0 bridgehead atoms. The summed E-state index contributed by atoms with van der Waals surface area (Å²) in [6, 6.07) is 1.62. The number of ether oxygens (including phenoxy) is 3. The van der Waals surface area contributed by atoms with E-state index in [4.69, 9.17) is 24.3 Å². The van der Waals surface area contributed by atoms with Crippen LogP contribution >= 0.6 is 0 Å². The Bertz CT molecular complexity index is 2690. The molecule has 6 rings (SSSR count). The summed E-state index contributed by atoms with van der Waals surface area (Å²) < 4.78 is 33.8. The van der Waals surface area contributed by atoms with Crippen molar-refractivity contribution in [3.05, 3.63) is 73.8 Å². The van der Waals surface area contributed by atoms with Crippen LogP contribution in [0.5, 0.6) is 0 Å². The van der Waals surface area contributed by atoms with E-state index >= 15 is 4.39 Å². The van der Waals surface area contributed by atoms with Gasteiger partial charge in [-0.15, -0.1) is 0 Å². The SMILES string of the molecule is CCC.CC[C@@](O)(C=O)c1cc2n(c(=O)c1COC)Cc1c-2nc2cc(F)c(C)c3c2c1C(NC(=O)OC1/C=C/CC[C@@](O)(C(=O)NCCCCC(C=O)NC(=O)CCCCCNCO)CC1)CC3.CNC(C)(C)CCOC(C)(C)C. The molecule has 20 heteroatoms. The molecular formula is C61H94FN7O12. The van der Waals surface area contributed by atoms with Gasteiger partial charge in [-0.05, 0) is 167 Å². The third kappa shape index (κ3) is 19.0. The monoisotopic (exact) mass is 1140 g/mol. The number of carbonyl (C=O) groups excluding carboxylic acids is 5. The second-order valence-electron chi connectivity index (χ2n) is 23.1. The van der Waals surface area contributed by atoms with Gasteiger partial charge in [-0.1, -0.05) is 39.7 Å². The first-order valence-electron chi connectivity index (χ1n) is 29.0. The molecule has 0 spiro atoms. The fourth-order valence-electron chi connectivity index (χ4n) is 10.1. The van der Waals surface area contributed by atoms with E-state index < -0.39 is 52.8 Å². The highest BCUT2D eigenvalue weighted by Crippen LogP contribution is 2.45. The van der Waals surface area contributed by atoms with Crippen molar-refractivity contribution in [1.82, 2.24) is 36.1 Å². The predicted molar refractivity (Wildman–Crippen MR) is 311 cm³/mol. The molecule has 81 heavy (non-hydrogen) atoms. The van der Waals surface area contributed by atoms with Crippen LogP contribution in [0, 0.1) is 12.7 Å². The number of unbranched alkanes of at least 4 members (excludes halogenated alkanes) is 3. The van der Waals surface area contributed by atoms with Gasteiger partial charge in [0, 0.05) is 60.4 Å². The number of aldehydes is 2. The van der Waals surface area contributed by atoms with Crippen LogP contribution in [0.1, 0.15) is 191 Å². The Labute approximate surface area is 478 Å². The molecule has 19 nitrogen and oxygen atoms in total. The van der Waals surface area contributed by atoms with Crippen molar-refractivity contribution < 1.29 is 57.9 Å². The minimum atomic E-state index is -1.97. The van der Waals surface area contributed by atoms with Gasteiger partial charge in [-0.3, -0.25) is 24.5 Å². The lowest BCUT2D eigenvalue weighted by Crippen LogP contribution is -2.48. The number of aliphatic hydroxyl groups excluding tert-OH is 1. The maximum Gasteiger partial charge on any atom is 0.408 e. The van der Waals surface area contributed by atoms with Crippen LogP contribution < -0.4 is 32.1 Å². The number of aliphatic hydroxyl groups is 3. The summed E-state index contributed by atoms with van der Waals surface area (Å²) in [4.78, 5) is 82.2. The molecule has 1 aliphatic heterocycles. The molecule has 0 saturated heterocycles. The number of allylic oxidation sites excluding steroid dienone is 1. The van der Waals surface area contributed by atoms with Crippen LogP contribution in [0.2, 0.25) is 0 Å². The van der Waals surface area contributed by atoms with Crippen LogP contribution in [0.3, 0.4) is 0 Å². The number of benzene rings is 1. The molecular weight excluding hydrogens is 1040 g/mol. The first-order valence-corrected chi connectivity index (χ1v) is 29.0. The number of nitrogens with one attached hydrogen (secondary N) is 5. The molecule has 3 aliphatic rings. The molecule has 1 aromatic carbocycles. The number of carbonyl (C=O) groups is 5. The molecule has 8 N–H and O–H groups in total. The van der Waals surface area contributed by atoms with Gasteiger partial charge in [0.2, 0.25) is 5.91 Å². The molecule has 5 atom stereocenters. The van der Waals surface area contributed by atoms with Gasteiger partial charge in [0.1, 0.15) is 29.4 Å². The average molecular weight is 1140 g/mol. The highest BCUT2D eigenvalue weighted by molar-refractivity contribution is 5.93. The van der Waals surface area contributed by atoms with Gasteiger partial charge < -0.3 is 60.2 Å². The Hall–Kier alpha value is -5.48. The van der Waals surface area contributed by atoms with Crippen molar-refractivity contribution >= 4 is 41.4 Å². The van der Waals surface area contributed by atoms with E-state index in [0.717, 1.165) is 31.4 Å². The summed E-state index contributed by atoms with van der Waals surface area (Å²) in [5.74, 6) is -1.20. The molecule has 2 aromatic heterocycles. The van der Waals surface area contributed by atoms with Crippen molar-refractivity contribution in [3.63, 3.8) is 0 Å². The molecule has 0 fully saturated rings. The van der Waals surface area contributed by atoms with Gasteiger partial charge in [0.15, 0.2) is 6.29 Å². The zero-order valence-corrected chi connectivity index (χ0v) is 50.0. The first-order chi connectivity index (χ1) is 38.4. The number of rotatable bonds is 26. The van der Waals surface area contributed by atoms with Gasteiger partial charge in [0.05, 0.1) is 54.5 Å². The normalized spacial score (nSPS) is 18.9. The van der Waals surface area contributed by atoms with Gasteiger partial charge in [-0.2, -0.15) is 0 Å². The molecule has 3 heterocycles. The lowest BCUT2D eigenvalue weighted by Gasteiger charge is -2.31. The molecule has 3 amide bonds. The number of hydrogen-bond donors (Lipinski definition) is 8. The van der Waals surface area contributed by atoms with Gasteiger partial charge in [0.25, 0.3) is 11.5 Å². The Morgan fingerprint density at radius 1 is 1.00 bits per heavy atom. The van der Waals surface area contributed by atoms with E-state index in [9.17, 15) is 39.0 Å². The topological polar surface area (TPSA) is 269 Å². The summed E-state index contributed by atoms with van der Waals surface area (Å²) in [5, 5.41) is 46.9. The van der Waals surface area contributed by atoms with E-state index in [1.165, 1.54) is 24.2 Å². The van der Waals surface area contributed by atoms with E-state index in [-0.39, 0.29) is 80.3 Å². The third-order valence-corrected chi connectivity index (χ3v) is 15.2. The summed E-state index contributed by atoms with van der Waals surface area (Å²) in [5.41, 5.74) is -0.262. The number of pyridine rings is 2. The highest BCUT2D eigenvalue weighted by atomic mass is 19.1. The van der Waals surface area contributed by atoms with Crippen molar-refractivity contribution in [2.24, 2.45) is 0 Å². The summed E-state index contributed by atoms with van der Waals surface area (Å²) in [6.07, 6.45) is 10.9. The van der Waals surface area contributed by atoms with Crippen molar-refractivity contribution in [2.45, 2.75) is 219 Å². The number of halogens is 1. The molecule has 3 aromatic rings. The zero-order valence-electron chi connectivity index (χ0n) is 50.0. The summed E-state index contributed by atoms with van der Waals surface area (Å²) in [7, 11) is 3.39. The Balaban J connectivity index is 0.000000826. The van der Waals surface area contributed by atoms with Crippen LogP contribution in [0.25, 0.3) is 22.3 Å². The maximum absolute atomic E-state index is 15.4. The Kier molecular flexibility index (Phi) is 26.7. The molecule has 3 unspecified atom stereocenters. The first kappa shape index (κ1) is 68.0.